The number of fused-ring (bicyclic) bond motifs is 3. The van der Waals surface area contributed by atoms with Crippen LogP contribution in [0.2, 0.25) is 0 Å². The van der Waals surface area contributed by atoms with Gasteiger partial charge in [-0.2, -0.15) is 0 Å². The molecule has 0 aliphatic carbocycles. The summed E-state index contributed by atoms with van der Waals surface area (Å²) in [6.45, 7) is 0.278. The fraction of sp³-hybridized carbons (Fsp3) is 0.143. The van der Waals surface area contributed by atoms with Crippen LogP contribution < -0.4 is 4.74 Å². The van der Waals surface area contributed by atoms with Gasteiger partial charge >= 0.3 is 6.16 Å². The maximum atomic E-state index is 11.0. The van der Waals surface area contributed by atoms with Gasteiger partial charge in [-0.15, -0.1) is 0 Å². The molecule has 0 saturated carbocycles. The topological polar surface area (TPSA) is 57.1 Å². The molecule has 19 heavy (non-hydrogen) atoms. The van der Waals surface area contributed by atoms with Gasteiger partial charge in [0.05, 0.1) is 12.7 Å². The summed E-state index contributed by atoms with van der Waals surface area (Å²) >= 11 is 0. The normalized spacial score (nSPS) is 15.1. The van der Waals surface area contributed by atoms with Gasteiger partial charge in [0.15, 0.2) is 0 Å². The van der Waals surface area contributed by atoms with Crippen LogP contribution in [0.15, 0.2) is 41.6 Å². The summed E-state index contributed by atoms with van der Waals surface area (Å²) in [5.41, 5.74) is 1.44. The highest BCUT2D eigenvalue weighted by Gasteiger charge is 2.23. The number of hydrogen-bond donors (Lipinski definition) is 0. The molecule has 5 nitrogen and oxygen atoms in total. The van der Waals surface area contributed by atoms with E-state index in [1.54, 1.807) is 0 Å². The zero-order chi connectivity index (χ0) is 13.2. The number of carbonyl (C=O) groups excluding carboxylic acids is 1. The summed E-state index contributed by atoms with van der Waals surface area (Å²) in [7, 11) is 1.23. The molecule has 1 aliphatic rings. The predicted octanol–water partition coefficient (Wildman–Crippen LogP) is 2.72. The molecule has 1 aliphatic heterocycles. The second kappa shape index (κ2) is 4.61. The van der Waals surface area contributed by atoms with Crippen LogP contribution in [0.1, 0.15) is 5.56 Å². The molecule has 5 heteroatoms. The van der Waals surface area contributed by atoms with Crippen LogP contribution in [-0.4, -0.2) is 25.6 Å². The smallest absolute Gasteiger partial charge is 0.486 e. The Morgan fingerprint density at radius 1 is 1.26 bits per heavy atom. The van der Waals surface area contributed by atoms with Crippen LogP contribution in [0.3, 0.4) is 0 Å². The molecule has 0 spiro atoms. The monoisotopic (exact) mass is 257 g/mol. The number of methoxy groups -OCH3 is 1. The van der Waals surface area contributed by atoms with E-state index in [1.807, 2.05) is 36.4 Å². The lowest BCUT2D eigenvalue weighted by molar-refractivity contribution is 0.0751. The van der Waals surface area contributed by atoms with Crippen molar-refractivity contribution in [1.29, 1.82) is 0 Å². The molecule has 2 aromatic rings. The summed E-state index contributed by atoms with van der Waals surface area (Å²) < 4.78 is 9.90. The van der Waals surface area contributed by atoms with Crippen molar-refractivity contribution in [2.24, 2.45) is 5.16 Å². The summed E-state index contributed by atoms with van der Waals surface area (Å²) in [4.78, 5) is 15.6. The SMILES string of the molecule is COC(=O)ON=C1COc2ccc3ccccc3c21. The van der Waals surface area contributed by atoms with Gasteiger partial charge in [0.2, 0.25) is 0 Å². The number of rotatable bonds is 1. The van der Waals surface area contributed by atoms with Crippen molar-refractivity contribution in [3.63, 3.8) is 0 Å². The summed E-state index contributed by atoms with van der Waals surface area (Å²) in [6.07, 6.45) is -0.846. The predicted molar refractivity (Wildman–Crippen MR) is 69.5 cm³/mol. The molecule has 0 radical (unpaired) electrons. The Bertz CT molecular complexity index is 678. The summed E-state index contributed by atoms with van der Waals surface area (Å²) in [6, 6.07) is 11.8. The maximum absolute atomic E-state index is 11.0. The summed E-state index contributed by atoms with van der Waals surface area (Å²) in [5.74, 6) is 0.742. The van der Waals surface area contributed by atoms with Crippen LogP contribution in [0.5, 0.6) is 5.75 Å². The van der Waals surface area contributed by atoms with Crippen molar-refractivity contribution in [1.82, 2.24) is 0 Å². The number of oxime groups is 1. The molecule has 0 aromatic heterocycles. The molecule has 0 saturated heterocycles. The second-order valence-corrected chi connectivity index (χ2v) is 4.03. The van der Waals surface area contributed by atoms with Crippen molar-refractivity contribution >= 4 is 22.6 Å². The van der Waals surface area contributed by atoms with Crippen LogP contribution in [0, 0.1) is 0 Å². The van der Waals surface area contributed by atoms with Gasteiger partial charge in [-0.05, 0) is 16.8 Å². The van der Waals surface area contributed by atoms with E-state index < -0.39 is 6.16 Å². The molecule has 0 bridgehead atoms. The fourth-order valence-electron chi connectivity index (χ4n) is 2.09. The van der Waals surface area contributed by atoms with Gasteiger partial charge in [-0.25, -0.2) is 4.79 Å². The van der Waals surface area contributed by atoms with Gasteiger partial charge in [-0.1, -0.05) is 35.5 Å². The van der Waals surface area contributed by atoms with E-state index in [0.29, 0.717) is 5.71 Å². The quantitative estimate of drug-likeness (QED) is 0.448. The lowest BCUT2D eigenvalue weighted by Crippen LogP contribution is -2.07. The highest BCUT2D eigenvalue weighted by Crippen LogP contribution is 2.32. The Morgan fingerprint density at radius 2 is 2.11 bits per heavy atom. The Morgan fingerprint density at radius 3 is 2.95 bits per heavy atom. The highest BCUT2D eigenvalue weighted by atomic mass is 16.8. The highest BCUT2D eigenvalue weighted by molar-refractivity contribution is 6.15. The largest absolute Gasteiger partial charge is 0.534 e. The first-order valence-corrected chi connectivity index (χ1v) is 5.76. The lowest BCUT2D eigenvalue weighted by Gasteiger charge is -2.03. The van der Waals surface area contributed by atoms with Crippen molar-refractivity contribution in [2.75, 3.05) is 13.7 Å². The average Bonchev–Trinajstić information content (AvgIpc) is 2.88. The first-order valence-electron chi connectivity index (χ1n) is 5.76. The molecular weight excluding hydrogens is 246 g/mol. The molecule has 0 N–H and O–H groups in total. The Balaban J connectivity index is 2.07. The molecule has 0 atom stereocenters. The average molecular weight is 257 g/mol. The number of nitrogens with zero attached hydrogens (tertiary/aromatic N) is 1. The van der Waals surface area contributed by atoms with Crippen LogP contribution in [0.25, 0.3) is 10.8 Å². The lowest BCUT2D eigenvalue weighted by atomic mass is 10.0. The third kappa shape index (κ3) is 1.99. The zero-order valence-electron chi connectivity index (χ0n) is 10.3. The van der Waals surface area contributed by atoms with Crippen molar-refractivity contribution in [3.8, 4) is 5.75 Å². The number of benzene rings is 2. The number of carbonyl (C=O) groups is 1. The third-order valence-electron chi connectivity index (χ3n) is 2.94. The van der Waals surface area contributed by atoms with Gasteiger partial charge in [0.1, 0.15) is 18.1 Å². The van der Waals surface area contributed by atoms with E-state index in [4.69, 9.17) is 4.74 Å². The van der Waals surface area contributed by atoms with E-state index in [0.717, 1.165) is 22.1 Å². The Kier molecular flexibility index (Phi) is 2.79. The van der Waals surface area contributed by atoms with E-state index in [-0.39, 0.29) is 6.61 Å². The molecule has 96 valence electrons. The molecule has 0 fully saturated rings. The van der Waals surface area contributed by atoms with Crippen LogP contribution >= 0.6 is 0 Å². The molecule has 3 rings (SSSR count). The molecule has 0 unspecified atom stereocenters. The van der Waals surface area contributed by atoms with E-state index >= 15 is 0 Å². The van der Waals surface area contributed by atoms with Crippen molar-refractivity contribution in [2.45, 2.75) is 0 Å². The van der Waals surface area contributed by atoms with E-state index in [1.165, 1.54) is 7.11 Å². The van der Waals surface area contributed by atoms with Gasteiger partial charge in [0, 0.05) is 0 Å². The third-order valence-corrected chi connectivity index (χ3v) is 2.94. The molecule has 1 heterocycles. The van der Waals surface area contributed by atoms with Crippen LogP contribution in [0.4, 0.5) is 4.79 Å². The van der Waals surface area contributed by atoms with Crippen LogP contribution in [-0.2, 0) is 9.57 Å². The fourth-order valence-corrected chi connectivity index (χ4v) is 2.09. The second-order valence-electron chi connectivity index (χ2n) is 4.03. The molecule has 0 amide bonds. The number of hydrogen-bond acceptors (Lipinski definition) is 5. The maximum Gasteiger partial charge on any atom is 0.534 e. The molecular formula is C14H11NO4. The first kappa shape index (κ1) is 11.5. The summed E-state index contributed by atoms with van der Waals surface area (Å²) in [5, 5.41) is 5.90. The van der Waals surface area contributed by atoms with Crippen molar-refractivity contribution < 1.29 is 19.1 Å². The standard InChI is InChI=1S/C14H11NO4/c1-17-14(16)19-15-11-8-18-12-7-6-9-4-2-3-5-10(9)13(11)12/h2-7H,8H2,1H3. The zero-order valence-corrected chi connectivity index (χ0v) is 10.3. The van der Waals surface area contributed by atoms with E-state index in [9.17, 15) is 4.79 Å². The van der Waals surface area contributed by atoms with Gasteiger partial charge < -0.3 is 9.47 Å². The van der Waals surface area contributed by atoms with E-state index in [2.05, 4.69) is 14.7 Å². The minimum Gasteiger partial charge on any atom is -0.486 e. The minimum atomic E-state index is -0.846. The Hall–Kier alpha value is -2.56. The first-order chi connectivity index (χ1) is 9.29. The van der Waals surface area contributed by atoms with Gasteiger partial charge in [-0.3, -0.25) is 4.84 Å². The number of ether oxygens (including phenoxy) is 2. The molecule has 2 aromatic carbocycles. The minimum absolute atomic E-state index is 0.278. The van der Waals surface area contributed by atoms with Gasteiger partial charge in [0.25, 0.3) is 0 Å². The Labute approximate surface area is 109 Å². The van der Waals surface area contributed by atoms with Crippen molar-refractivity contribution in [3.05, 3.63) is 42.0 Å².